The predicted molar refractivity (Wildman–Crippen MR) is 74.4 cm³/mol. The molecular formula is C14H21N3O2. The largest absolute Gasteiger partial charge is 0.352 e. The fourth-order valence-electron chi connectivity index (χ4n) is 1.63. The Hall–Kier alpha value is -1.88. The predicted octanol–water partition coefficient (Wildman–Crippen LogP) is 0.197. The van der Waals surface area contributed by atoms with E-state index in [2.05, 4.69) is 10.6 Å². The summed E-state index contributed by atoms with van der Waals surface area (Å²) in [5.74, 6) is -0.530. The third-order valence-corrected chi connectivity index (χ3v) is 2.51. The molecule has 0 saturated heterocycles. The van der Waals surface area contributed by atoms with Gasteiger partial charge in [0.15, 0.2) is 0 Å². The van der Waals surface area contributed by atoms with Crippen molar-refractivity contribution in [1.29, 1.82) is 0 Å². The maximum Gasteiger partial charge on any atom is 0.239 e. The molecule has 0 spiro atoms. The van der Waals surface area contributed by atoms with Crippen molar-refractivity contribution in [2.24, 2.45) is 5.73 Å². The van der Waals surface area contributed by atoms with Crippen LogP contribution >= 0.6 is 0 Å². The number of amides is 2. The number of carbonyl (C=O) groups excluding carboxylic acids is 2. The van der Waals surface area contributed by atoms with Crippen LogP contribution in [-0.2, 0) is 16.0 Å². The fourth-order valence-corrected chi connectivity index (χ4v) is 1.63. The van der Waals surface area contributed by atoms with Crippen molar-refractivity contribution in [2.45, 2.75) is 32.4 Å². The molecule has 0 heterocycles. The van der Waals surface area contributed by atoms with Gasteiger partial charge in [0.25, 0.3) is 0 Å². The van der Waals surface area contributed by atoms with Crippen molar-refractivity contribution in [3.8, 4) is 0 Å². The molecule has 0 aliphatic rings. The van der Waals surface area contributed by atoms with E-state index in [1.54, 1.807) is 0 Å². The first kappa shape index (κ1) is 15.2. The number of benzene rings is 1. The molecule has 1 rings (SSSR count). The summed E-state index contributed by atoms with van der Waals surface area (Å²) in [6.45, 7) is 3.68. The second-order valence-corrected chi connectivity index (χ2v) is 4.74. The smallest absolute Gasteiger partial charge is 0.239 e. The highest BCUT2D eigenvalue weighted by Gasteiger charge is 2.14. The summed E-state index contributed by atoms with van der Waals surface area (Å²) < 4.78 is 0. The second-order valence-electron chi connectivity index (χ2n) is 4.74. The monoisotopic (exact) mass is 263 g/mol. The molecule has 1 atom stereocenters. The molecule has 5 nitrogen and oxygen atoms in total. The van der Waals surface area contributed by atoms with E-state index in [1.807, 2.05) is 44.2 Å². The molecule has 0 aliphatic carbocycles. The van der Waals surface area contributed by atoms with Gasteiger partial charge in [-0.3, -0.25) is 9.59 Å². The number of nitrogens with two attached hydrogens (primary N) is 1. The number of carbonyl (C=O) groups is 2. The van der Waals surface area contributed by atoms with Crippen LogP contribution < -0.4 is 16.4 Å². The molecular weight excluding hydrogens is 242 g/mol. The van der Waals surface area contributed by atoms with Gasteiger partial charge >= 0.3 is 0 Å². The lowest BCUT2D eigenvalue weighted by atomic mass is 10.1. The number of rotatable bonds is 6. The molecule has 0 aliphatic heterocycles. The molecule has 1 aromatic rings. The van der Waals surface area contributed by atoms with Crippen molar-refractivity contribution in [3.63, 3.8) is 0 Å². The van der Waals surface area contributed by atoms with Crippen LogP contribution in [0.15, 0.2) is 30.3 Å². The Balaban J connectivity index is 2.35. The molecule has 4 N–H and O–H groups in total. The summed E-state index contributed by atoms with van der Waals surface area (Å²) in [6.07, 6.45) is 0.457. The molecule has 0 radical (unpaired) electrons. The number of hydrogen-bond acceptors (Lipinski definition) is 3. The summed E-state index contributed by atoms with van der Waals surface area (Å²) in [7, 11) is 0. The Bertz CT molecular complexity index is 418. The van der Waals surface area contributed by atoms with Gasteiger partial charge < -0.3 is 16.4 Å². The van der Waals surface area contributed by atoms with Crippen LogP contribution in [0.2, 0.25) is 0 Å². The molecule has 0 saturated carbocycles. The lowest BCUT2D eigenvalue weighted by Gasteiger charge is -2.13. The minimum Gasteiger partial charge on any atom is -0.352 e. The second kappa shape index (κ2) is 7.53. The molecule has 5 heteroatoms. The van der Waals surface area contributed by atoms with E-state index in [9.17, 15) is 9.59 Å². The van der Waals surface area contributed by atoms with E-state index in [4.69, 9.17) is 5.73 Å². The third kappa shape index (κ3) is 6.01. The van der Waals surface area contributed by atoms with Crippen LogP contribution in [0.25, 0.3) is 0 Å². The molecule has 2 amide bonds. The van der Waals surface area contributed by atoms with E-state index in [0.29, 0.717) is 6.42 Å². The van der Waals surface area contributed by atoms with E-state index in [-0.39, 0.29) is 24.4 Å². The summed E-state index contributed by atoms with van der Waals surface area (Å²) >= 11 is 0. The molecule has 19 heavy (non-hydrogen) atoms. The maximum absolute atomic E-state index is 11.7. The van der Waals surface area contributed by atoms with Crippen molar-refractivity contribution >= 4 is 11.8 Å². The van der Waals surface area contributed by atoms with Gasteiger partial charge in [0.2, 0.25) is 11.8 Å². The third-order valence-electron chi connectivity index (χ3n) is 2.51. The number of nitrogens with one attached hydrogen (secondary N) is 2. The van der Waals surface area contributed by atoms with Crippen molar-refractivity contribution in [3.05, 3.63) is 35.9 Å². The normalized spacial score (nSPS) is 12.0. The Labute approximate surface area is 113 Å². The fraction of sp³-hybridized carbons (Fsp3) is 0.429. The molecule has 1 unspecified atom stereocenters. The zero-order chi connectivity index (χ0) is 14.3. The van der Waals surface area contributed by atoms with Crippen molar-refractivity contribution in [2.75, 3.05) is 6.54 Å². The standard InChI is InChI=1S/C14H21N3O2/c1-10(2)17-13(18)9-16-14(19)12(15)8-11-6-4-3-5-7-11/h3-7,10,12H,8-9,15H2,1-2H3,(H,16,19)(H,17,18). The highest BCUT2D eigenvalue weighted by molar-refractivity contribution is 5.87. The zero-order valence-corrected chi connectivity index (χ0v) is 11.3. The Morgan fingerprint density at radius 1 is 1.21 bits per heavy atom. The van der Waals surface area contributed by atoms with Gasteiger partial charge in [0, 0.05) is 6.04 Å². The van der Waals surface area contributed by atoms with Crippen LogP contribution in [0, 0.1) is 0 Å². The topological polar surface area (TPSA) is 84.2 Å². The Kier molecular flexibility index (Phi) is 6.02. The van der Waals surface area contributed by atoms with E-state index >= 15 is 0 Å². The van der Waals surface area contributed by atoms with Crippen molar-refractivity contribution in [1.82, 2.24) is 10.6 Å². The van der Waals surface area contributed by atoms with Crippen molar-refractivity contribution < 1.29 is 9.59 Å². The summed E-state index contributed by atoms with van der Waals surface area (Å²) in [5, 5.41) is 5.22. The Morgan fingerprint density at radius 3 is 2.42 bits per heavy atom. The van der Waals surface area contributed by atoms with Gasteiger partial charge in [-0.2, -0.15) is 0 Å². The lowest BCUT2D eigenvalue weighted by molar-refractivity contribution is -0.127. The average molecular weight is 263 g/mol. The summed E-state index contributed by atoms with van der Waals surface area (Å²) in [5.41, 5.74) is 6.79. The lowest BCUT2D eigenvalue weighted by Crippen LogP contribution is -2.46. The number of hydrogen-bond donors (Lipinski definition) is 3. The molecule has 0 bridgehead atoms. The first-order chi connectivity index (χ1) is 8.99. The van der Waals surface area contributed by atoms with Crippen LogP contribution in [0.5, 0.6) is 0 Å². The molecule has 104 valence electrons. The van der Waals surface area contributed by atoms with Gasteiger partial charge in [-0.25, -0.2) is 0 Å². The first-order valence-corrected chi connectivity index (χ1v) is 6.35. The molecule has 1 aromatic carbocycles. The Morgan fingerprint density at radius 2 is 1.84 bits per heavy atom. The van der Waals surface area contributed by atoms with Gasteiger partial charge in [-0.05, 0) is 25.8 Å². The highest BCUT2D eigenvalue weighted by Crippen LogP contribution is 2.01. The maximum atomic E-state index is 11.7. The highest BCUT2D eigenvalue weighted by atomic mass is 16.2. The van der Waals surface area contributed by atoms with Crippen LogP contribution in [-0.4, -0.2) is 30.4 Å². The van der Waals surface area contributed by atoms with Crippen LogP contribution in [0.1, 0.15) is 19.4 Å². The first-order valence-electron chi connectivity index (χ1n) is 6.35. The zero-order valence-electron chi connectivity index (χ0n) is 11.3. The minimum atomic E-state index is -0.644. The van der Waals surface area contributed by atoms with E-state index < -0.39 is 6.04 Å². The van der Waals surface area contributed by atoms with E-state index in [1.165, 1.54) is 0 Å². The molecule has 0 aromatic heterocycles. The summed E-state index contributed by atoms with van der Waals surface area (Å²) in [6, 6.07) is 8.95. The molecule has 0 fully saturated rings. The van der Waals surface area contributed by atoms with E-state index in [0.717, 1.165) is 5.56 Å². The SMILES string of the molecule is CC(C)NC(=O)CNC(=O)C(N)Cc1ccccc1. The van der Waals surface area contributed by atoms with Gasteiger partial charge in [0.1, 0.15) is 0 Å². The minimum absolute atomic E-state index is 0.0422. The van der Waals surface area contributed by atoms with Crippen LogP contribution in [0.3, 0.4) is 0 Å². The van der Waals surface area contributed by atoms with Gasteiger partial charge in [-0.1, -0.05) is 30.3 Å². The quantitative estimate of drug-likeness (QED) is 0.685. The summed E-state index contributed by atoms with van der Waals surface area (Å²) in [4.78, 5) is 23.1. The average Bonchev–Trinajstić information content (AvgIpc) is 2.36. The van der Waals surface area contributed by atoms with Gasteiger partial charge in [0.05, 0.1) is 12.6 Å². The van der Waals surface area contributed by atoms with Crippen LogP contribution in [0.4, 0.5) is 0 Å². The van der Waals surface area contributed by atoms with Gasteiger partial charge in [-0.15, -0.1) is 0 Å².